The second kappa shape index (κ2) is 8.15. The highest BCUT2D eigenvalue weighted by Crippen LogP contribution is 2.21. The van der Waals surface area contributed by atoms with Gasteiger partial charge in [0.15, 0.2) is 0 Å². The Hall–Kier alpha value is -3.65. The maximum atomic E-state index is 12.5. The number of hydrogen-bond acceptors (Lipinski definition) is 4. The van der Waals surface area contributed by atoms with Crippen molar-refractivity contribution >= 4 is 23.0 Å². The molecule has 1 heterocycles. The predicted molar refractivity (Wildman–Crippen MR) is 107 cm³/mol. The van der Waals surface area contributed by atoms with Crippen LogP contribution in [0.2, 0.25) is 0 Å². The minimum atomic E-state index is -0.281. The summed E-state index contributed by atoms with van der Waals surface area (Å²) in [7, 11) is 0. The monoisotopic (exact) mass is 356 g/mol. The number of anilines is 3. The van der Waals surface area contributed by atoms with Crippen molar-refractivity contribution in [3.05, 3.63) is 83.7 Å². The van der Waals surface area contributed by atoms with E-state index in [1.807, 2.05) is 12.1 Å². The average molecular weight is 356 g/mol. The zero-order valence-electron chi connectivity index (χ0n) is 15.2. The van der Waals surface area contributed by atoms with E-state index in [-0.39, 0.29) is 5.91 Å². The molecule has 0 aliphatic carbocycles. The van der Waals surface area contributed by atoms with Crippen LogP contribution in [0.4, 0.5) is 17.1 Å². The fraction of sp³-hybridized carbons (Fsp3) is 0.136. The van der Waals surface area contributed by atoms with Crippen molar-refractivity contribution in [2.24, 2.45) is 0 Å². The highest BCUT2D eigenvalue weighted by atomic mass is 16.1. The van der Waals surface area contributed by atoms with E-state index in [2.05, 4.69) is 47.7 Å². The number of carbonyl (C=O) groups is 1. The zero-order chi connectivity index (χ0) is 19.2. The first-order chi connectivity index (χ1) is 13.0. The third-order valence-corrected chi connectivity index (χ3v) is 4.12. The molecule has 0 spiro atoms. The fourth-order valence-corrected chi connectivity index (χ4v) is 2.62. The van der Waals surface area contributed by atoms with Gasteiger partial charge in [0.1, 0.15) is 0 Å². The van der Waals surface area contributed by atoms with E-state index >= 15 is 0 Å². The predicted octanol–water partition coefficient (Wildman–Crippen LogP) is 5.07. The van der Waals surface area contributed by atoms with Gasteiger partial charge in [0.25, 0.3) is 5.91 Å². The lowest BCUT2D eigenvalue weighted by Crippen LogP contribution is -2.12. The second-order valence-electron chi connectivity index (χ2n) is 6.51. The largest absolute Gasteiger partial charge is 0.354 e. The molecule has 0 unspecified atom stereocenters. The Kier molecular flexibility index (Phi) is 5.48. The lowest BCUT2D eigenvalue weighted by Gasteiger charge is -2.10. The molecular formula is C22H20N4O. The summed E-state index contributed by atoms with van der Waals surface area (Å²) in [6.07, 6.45) is 3.18. The van der Waals surface area contributed by atoms with Crippen molar-refractivity contribution in [2.75, 3.05) is 10.6 Å². The molecule has 0 saturated heterocycles. The maximum Gasteiger partial charge on any atom is 0.257 e. The van der Waals surface area contributed by atoms with E-state index in [1.54, 1.807) is 36.5 Å². The first-order valence-electron chi connectivity index (χ1n) is 8.68. The maximum absolute atomic E-state index is 12.5. The van der Waals surface area contributed by atoms with Crippen LogP contribution in [0.5, 0.6) is 0 Å². The first-order valence-corrected chi connectivity index (χ1v) is 8.68. The molecule has 0 atom stereocenters. The smallest absolute Gasteiger partial charge is 0.257 e. The molecule has 0 aliphatic heterocycles. The van der Waals surface area contributed by atoms with Gasteiger partial charge < -0.3 is 10.6 Å². The number of nitrogens with one attached hydrogen (secondary N) is 2. The number of carbonyl (C=O) groups excluding carboxylic acids is 1. The van der Waals surface area contributed by atoms with E-state index in [4.69, 9.17) is 5.26 Å². The summed E-state index contributed by atoms with van der Waals surface area (Å²) in [5.74, 6) is 0.198. The lowest BCUT2D eigenvalue weighted by molar-refractivity contribution is 0.102. The van der Waals surface area contributed by atoms with E-state index in [1.165, 1.54) is 11.8 Å². The normalized spacial score (nSPS) is 10.3. The molecule has 3 rings (SSSR count). The van der Waals surface area contributed by atoms with Crippen LogP contribution in [0.3, 0.4) is 0 Å². The molecule has 0 saturated carbocycles. The molecule has 1 amide bonds. The van der Waals surface area contributed by atoms with Gasteiger partial charge in [0.2, 0.25) is 0 Å². The van der Waals surface area contributed by atoms with Crippen LogP contribution in [0.15, 0.2) is 67.0 Å². The van der Waals surface area contributed by atoms with E-state index in [0.717, 1.165) is 11.4 Å². The molecule has 0 bridgehead atoms. The standard InChI is InChI=1S/C22H20N4O/c1-15(2)17-6-8-19(9-7-17)25-21-11-18(13-24-14-21)22(27)26-20-5-3-4-16(10-20)12-23/h3-11,13-15,25H,1-2H3,(H,26,27). The molecule has 2 N–H and O–H groups in total. The Morgan fingerprint density at radius 2 is 1.78 bits per heavy atom. The second-order valence-corrected chi connectivity index (χ2v) is 6.51. The molecule has 0 aliphatic rings. The van der Waals surface area contributed by atoms with Gasteiger partial charge in [-0.1, -0.05) is 32.0 Å². The Morgan fingerprint density at radius 1 is 1.00 bits per heavy atom. The SMILES string of the molecule is CC(C)c1ccc(Nc2cncc(C(=O)Nc3cccc(C#N)c3)c2)cc1. The highest BCUT2D eigenvalue weighted by molar-refractivity contribution is 6.04. The number of aromatic nitrogens is 1. The van der Waals surface area contributed by atoms with E-state index < -0.39 is 0 Å². The molecule has 3 aromatic rings. The van der Waals surface area contributed by atoms with Gasteiger partial charge in [0, 0.05) is 17.6 Å². The van der Waals surface area contributed by atoms with Crippen LogP contribution in [-0.2, 0) is 0 Å². The summed E-state index contributed by atoms with van der Waals surface area (Å²) in [5, 5.41) is 15.0. The van der Waals surface area contributed by atoms with Gasteiger partial charge in [-0.25, -0.2) is 0 Å². The minimum Gasteiger partial charge on any atom is -0.354 e. The summed E-state index contributed by atoms with van der Waals surface area (Å²) in [6, 6.07) is 18.8. The van der Waals surface area contributed by atoms with Crippen LogP contribution in [0.25, 0.3) is 0 Å². The molecule has 134 valence electrons. The van der Waals surface area contributed by atoms with Gasteiger partial charge in [0.05, 0.1) is 29.1 Å². The zero-order valence-corrected chi connectivity index (χ0v) is 15.2. The molecule has 5 nitrogen and oxygen atoms in total. The number of pyridine rings is 1. The van der Waals surface area contributed by atoms with E-state index in [9.17, 15) is 4.79 Å². The molecular weight excluding hydrogens is 336 g/mol. The number of benzene rings is 2. The number of nitriles is 1. The van der Waals surface area contributed by atoms with Crippen molar-refractivity contribution in [3.8, 4) is 6.07 Å². The van der Waals surface area contributed by atoms with Crippen molar-refractivity contribution in [3.63, 3.8) is 0 Å². The molecule has 0 fully saturated rings. The Bertz CT molecular complexity index is 988. The van der Waals surface area contributed by atoms with Crippen LogP contribution in [-0.4, -0.2) is 10.9 Å². The molecule has 0 radical (unpaired) electrons. The average Bonchev–Trinajstić information content (AvgIpc) is 2.68. The van der Waals surface area contributed by atoms with Crippen molar-refractivity contribution in [1.29, 1.82) is 5.26 Å². The third-order valence-electron chi connectivity index (χ3n) is 4.12. The number of amides is 1. The Labute approximate surface area is 158 Å². The van der Waals surface area contributed by atoms with Gasteiger partial charge in [-0.3, -0.25) is 9.78 Å². The Morgan fingerprint density at radius 3 is 2.48 bits per heavy atom. The number of nitrogens with zero attached hydrogens (tertiary/aromatic N) is 2. The first kappa shape index (κ1) is 18.2. The van der Waals surface area contributed by atoms with Crippen LogP contribution in [0.1, 0.15) is 41.3 Å². The summed E-state index contributed by atoms with van der Waals surface area (Å²) >= 11 is 0. The molecule has 27 heavy (non-hydrogen) atoms. The highest BCUT2D eigenvalue weighted by Gasteiger charge is 2.08. The minimum absolute atomic E-state index is 0.281. The molecule has 5 heteroatoms. The summed E-state index contributed by atoms with van der Waals surface area (Å²) < 4.78 is 0. The Balaban J connectivity index is 1.72. The fourth-order valence-electron chi connectivity index (χ4n) is 2.62. The van der Waals surface area contributed by atoms with Crippen LogP contribution >= 0.6 is 0 Å². The van der Waals surface area contributed by atoms with Gasteiger partial charge in [-0.2, -0.15) is 5.26 Å². The molecule has 2 aromatic carbocycles. The van der Waals surface area contributed by atoms with Crippen molar-refractivity contribution < 1.29 is 4.79 Å². The van der Waals surface area contributed by atoms with Crippen LogP contribution < -0.4 is 10.6 Å². The van der Waals surface area contributed by atoms with E-state index in [0.29, 0.717) is 22.7 Å². The quantitative estimate of drug-likeness (QED) is 0.669. The number of rotatable bonds is 5. The summed E-state index contributed by atoms with van der Waals surface area (Å²) in [6.45, 7) is 4.31. The van der Waals surface area contributed by atoms with Gasteiger partial charge >= 0.3 is 0 Å². The number of hydrogen-bond donors (Lipinski definition) is 2. The van der Waals surface area contributed by atoms with Crippen molar-refractivity contribution in [2.45, 2.75) is 19.8 Å². The summed E-state index contributed by atoms with van der Waals surface area (Å²) in [5.41, 5.74) is 4.42. The third kappa shape index (κ3) is 4.71. The summed E-state index contributed by atoms with van der Waals surface area (Å²) in [4.78, 5) is 16.6. The molecule has 1 aromatic heterocycles. The topological polar surface area (TPSA) is 77.8 Å². The van der Waals surface area contributed by atoms with Gasteiger partial charge in [-0.05, 0) is 47.9 Å². The van der Waals surface area contributed by atoms with Crippen LogP contribution in [0, 0.1) is 11.3 Å². The van der Waals surface area contributed by atoms with Crippen molar-refractivity contribution in [1.82, 2.24) is 4.98 Å². The lowest BCUT2D eigenvalue weighted by atomic mass is 10.0. The van der Waals surface area contributed by atoms with Gasteiger partial charge in [-0.15, -0.1) is 0 Å².